The van der Waals surface area contributed by atoms with E-state index in [1.807, 2.05) is 36.4 Å². The highest BCUT2D eigenvalue weighted by atomic mass is 16.5. The van der Waals surface area contributed by atoms with Gasteiger partial charge >= 0.3 is 0 Å². The van der Waals surface area contributed by atoms with Gasteiger partial charge in [0.05, 0.1) is 28.0 Å². The molecule has 4 heteroatoms. The number of pyridine rings is 1. The van der Waals surface area contributed by atoms with E-state index >= 15 is 0 Å². The quantitative estimate of drug-likeness (QED) is 0.162. The second-order valence-electron chi connectivity index (χ2n) is 16.7. The Kier molecular flexibility index (Phi) is 8.09. The molecule has 1 aliphatic carbocycles. The van der Waals surface area contributed by atoms with Crippen molar-refractivity contribution in [1.29, 1.82) is 0 Å². The van der Waals surface area contributed by atoms with Gasteiger partial charge in [-0.3, -0.25) is 0 Å². The standard InChI is InChI=1S/C60H37N3O/c1-3-17-38(18-4-1)54-37-55(63-59(62-54)39-19-5-2-6-20-39)42-23-15-21-40(33-42)41-22-16-24-43(34-41)58-48-35-47-44-25-7-9-27-49(44)60(52(47)36-46(48)45-26-8-12-30-53(45)61-58)50-28-10-13-31-56(50)64-57-32-14-11-29-51(57)60/h1-37H. The zero-order chi connectivity index (χ0) is 42.2. The molecule has 0 radical (unpaired) electrons. The fourth-order valence-corrected chi connectivity index (χ4v) is 10.3. The van der Waals surface area contributed by atoms with Crippen molar-refractivity contribution in [3.63, 3.8) is 0 Å². The summed E-state index contributed by atoms with van der Waals surface area (Å²) in [5, 5.41) is 3.42. The topological polar surface area (TPSA) is 47.9 Å². The molecule has 298 valence electrons. The maximum Gasteiger partial charge on any atom is 0.160 e. The number of hydrogen-bond donors (Lipinski definition) is 0. The summed E-state index contributed by atoms with van der Waals surface area (Å²) < 4.78 is 6.64. The van der Waals surface area contributed by atoms with Crippen molar-refractivity contribution < 1.29 is 4.74 Å². The molecule has 1 spiro atoms. The maximum atomic E-state index is 6.64. The molecule has 1 aliphatic heterocycles. The van der Waals surface area contributed by atoms with Gasteiger partial charge < -0.3 is 4.74 Å². The van der Waals surface area contributed by atoms with Crippen molar-refractivity contribution in [3.8, 4) is 78.9 Å². The Morgan fingerprint density at radius 1 is 0.312 bits per heavy atom. The number of hydrogen-bond acceptors (Lipinski definition) is 4. The molecule has 0 N–H and O–H groups in total. The zero-order valence-corrected chi connectivity index (χ0v) is 34.6. The SMILES string of the molecule is c1ccc(-c2cc(-c3cccc(-c4cccc(-c5nc6ccccc6c6cc7c(cc56)-c5ccccc5C75c6ccccc6Oc6ccccc65)c4)c3)nc(-c3ccccc3)n2)cc1. The van der Waals surface area contributed by atoms with E-state index in [0.29, 0.717) is 5.82 Å². The van der Waals surface area contributed by atoms with Gasteiger partial charge in [0.1, 0.15) is 11.5 Å². The summed E-state index contributed by atoms with van der Waals surface area (Å²) >= 11 is 0. The van der Waals surface area contributed by atoms with Gasteiger partial charge in [0.2, 0.25) is 0 Å². The van der Waals surface area contributed by atoms with E-state index in [4.69, 9.17) is 19.7 Å². The third-order valence-electron chi connectivity index (χ3n) is 13.1. The monoisotopic (exact) mass is 815 g/mol. The molecule has 9 aromatic carbocycles. The van der Waals surface area contributed by atoms with Crippen LogP contribution in [-0.2, 0) is 5.41 Å². The Hall–Kier alpha value is -8.47. The number of ether oxygens (including phenoxy) is 1. The van der Waals surface area contributed by atoms with Crippen LogP contribution in [0.4, 0.5) is 0 Å². The van der Waals surface area contributed by atoms with Crippen molar-refractivity contribution in [2.75, 3.05) is 0 Å². The molecule has 0 unspecified atom stereocenters. The van der Waals surface area contributed by atoms with E-state index in [0.717, 1.165) is 89.4 Å². The molecule has 0 saturated carbocycles. The van der Waals surface area contributed by atoms with Crippen molar-refractivity contribution in [3.05, 3.63) is 247 Å². The predicted molar refractivity (Wildman–Crippen MR) is 259 cm³/mol. The minimum Gasteiger partial charge on any atom is -0.457 e. The largest absolute Gasteiger partial charge is 0.457 e. The third-order valence-corrected chi connectivity index (χ3v) is 13.1. The molecule has 2 aliphatic rings. The van der Waals surface area contributed by atoms with Crippen LogP contribution in [0, 0.1) is 0 Å². The average Bonchev–Trinajstić information content (AvgIpc) is 3.65. The van der Waals surface area contributed by atoms with Crippen molar-refractivity contribution in [2.24, 2.45) is 0 Å². The molecule has 0 amide bonds. The van der Waals surface area contributed by atoms with Gasteiger partial charge in [0, 0.05) is 44.2 Å². The van der Waals surface area contributed by atoms with Gasteiger partial charge in [-0.15, -0.1) is 0 Å². The highest BCUT2D eigenvalue weighted by Crippen LogP contribution is 2.62. The first kappa shape index (κ1) is 36.2. The van der Waals surface area contributed by atoms with Crippen LogP contribution in [0.1, 0.15) is 22.3 Å². The Bertz CT molecular complexity index is 3550. The first-order chi connectivity index (χ1) is 31.7. The summed E-state index contributed by atoms with van der Waals surface area (Å²) in [4.78, 5) is 15.6. The fraction of sp³-hybridized carbons (Fsp3) is 0.0167. The van der Waals surface area contributed by atoms with Crippen molar-refractivity contribution in [2.45, 2.75) is 5.41 Å². The molecule has 3 heterocycles. The molecule has 13 rings (SSSR count). The normalized spacial score (nSPS) is 12.9. The summed E-state index contributed by atoms with van der Waals surface area (Å²) in [7, 11) is 0. The van der Waals surface area contributed by atoms with Crippen LogP contribution in [0.3, 0.4) is 0 Å². The predicted octanol–water partition coefficient (Wildman–Crippen LogP) is 15.0. The summed E-state index contributed by atoms with van der Waals surface area (Å²) in [6, 6.07) is 79.6. The van der Waals surface area contributed by atoms with Gasteiger partial charge in [-0.1, -0.05) is 176 Å². The summed E-state index contributed by atoms with van der Waals surface area (Å²) in [5.74, 6) is 2.47. The lowest BCUT2D eigenvalue weighted by Gasteiger charge is -2.39. The van der Waals surface area contributed by atoms with E-state index in [-0.39, 0.29) is 0 Å². The number of aromatic nitrogens is 3. The average molecular weight is 816 g/mol. The second-order valence-corrected chi connectivity index (χ2v) is 16.7. The van der Waals surface area contributed by atoms with Crippen LogP contribution in [-0.4, -0.2) is 15.0 Å². The molecule has 0 fully saturated rings. The second kappa shape index (κ2) is 14.3. The lowest BCUT2D eigenvalue weighted by Crippen LogP contribution is -2.32. The van der Waals surface area contributed by atoms with E-state index in [1.165, 1.54) is 27.6 Å². The summed E-state index contributed by atoms with van der Waals surface area (Å²) in [6.07, 6.45) is 0. The van der Waals surface area contributed by atoms with Gasteiger partial charge in [-0.05, 0) is 87.3 Å². The van der Waals surface area contributed by atoms with Gasteiger partial charge in [0.25, 0.3) is 0 Å². The Balaban J connectivity index is 0.990. The van der Waals surface area contributed by atoms with Crippen LogP contribution >= 0.6 is 0 Å². The van der Waals surface area contributed by atoms with Crippen molar-refractivity contribution >= 4 is 21.7 Å². The first-order valence-electron chi connectivity index (χ1n) is 21.8. The van der Waals surface area contributed by atoms with Crippen LogP contribution in [0.5, 0.6) is 11.5 Å². The Morgan fingerprint density at radius 2 is 0.859 bits per heavy atom. The fourth-order valence-electron chi connectivity index (χ4n) is 10.3. The van der Waals surface area contributed by atoms with Crippen LogP contribution in [0.2, 0.25) is 0 Å². The Labute approximate surface area is 370 Å². The molecule has 64 heavy (non-hydrogen) atoms. The molecule has 11 aromatic rings. The van der Waals surface area contributed by atoms with E-state index in [1.54, 1.807) is 0 Å². The third kappa shape index (κ3) is 5.52. The number of rotatable bonds is 5. The lowest BCUT2D eigenvalue weighted by molar-refractivity contribution is 0.436. The number of benzene rings is 9. The molecule has 0 atom stereocenters. The summed E-state index contributed by atoms with van der Waals surface area (Å²) in [5.41, 5.74) is 16.7. The van der Waals surface area contributed by atoms with E-state index in [2.05, 4.69) is 188 Å². The molecule has 4 nitrogen and oxygen atoms in total. The lowest BCUT2D eigenvalue weighted by atomic mass is 9.66. The molecule has 0 saturated heterocycles. The number of fused-ring (bicyclic) bond motifs is 12. The highest BCUT2D eigenvalue weighted by molar-refractivity contribution is 6.13. The summed E-state index contributed by atoms with van der Waals surface area (Å²) in [6.45, 7) is 0. The van der Waals surface area contributed by atoms with E-state index < -0.39 is 5.41 Å². The smallest absolute Gasteiger partial charge is 0.160 e. The molecule has 2 aromatic heterocycles. The van der Waals surface area contributed by atoms with Gasteiger partial charge in [-0.2, -0.15) is 0 Å². The van der Waals surface area contributed by atoms with Crippen LogP contribution in [0.15, 0.2) is 224 Å². The highest BCUT2D eigenvalue weighted by Gasteiger charge is 2.51. The first-order valence-corrected chi connectivity index (χ1v) is 21.8. The van der Waals surface area contributed by atoms with Crippen LogP contribution in [0.25, 0.3) is 89.1 Å². The zero-order valence-electron chi connectivity index (χ0n) is 34.6. The minimum absolute atomic E-state index is 0.561. The Morgan fingerprint density at radius 3 is 1.59 bits per heavy atom. The molecular formula is C60H37N3O. The maximum absolute atomic E-state index is 6.64. The molecular weight excluding hydrogens is 779 g/mol. The number of para-hydroxylation sites is 3. The minimum atomic E-state index is -0.561. The molecule has 0 bridgehead atoms. The van der Waals surface area contributed by atoms with E-state index in [9.17, 15) is 0 Å². The number of nitrogens with zero attached hydrogens (tertiary/aromatic N) is 3. The van der Waals surface area contributed by atoms with Gasteiger partial charge in [-0.25, -0.2) is 15.0 Å². The van der Waals surface area contributed by atoms with Gasteiger partial charge in [0.15, 0.2) is 5.82 Å². The van der Waals surface area contributed by atoms with Crippen LogP contribution < -0.4 is 4.74 Å². The van der Waals surface area contributed by atoms with Crippen molar-refractivity contribution in [1.82, 2.24) is 15.0 Å².